The van der Waals surface area contributed by atoms with Crippen molar-refractivity contribution < 1.29 is 8.42 Å². The highest BCUT2D eigenvalue weighted by Crippen LogP contribution is 2.21. The van der Waals surface area contributed by atoms with Gasteiger partial charge in [-0.1, -0.05) is 54.6 Å². The normalized spacial score (nSPS) is 11.3. The molecule has 0 spiro atoms. The minimum atomic E-state index is -3.52. The summed E-state index contributed by atoms with van der Waals surface area (Å²) in [5, 5.41) is 3.67. The molecule has 0 atom stereocenters. The Hall–Kier alpha value is -2.74. The summed E-state index contributed by atoms with van der Waals surface area (Å²) < 4.78 is 26.0. The van der Waals surface area contributed by atoms with Gasteiger partial charge in [0.25, 0.3) is 0 Å². The third kappa shape index (κ3) is 5.20. The Kier molecular flexibility index (Phi) is 6.64. The van der Waals surface area contributed by atoms with E-state index in [1.54, 1.807) is 24.3 Å². The van der Waals surface area contributed by atoms with Gasteiger partial charge in [-0.3, -0.25) is 0 Å². The van der Waals surface area contributed by atoms with Crippen LogP contribution in [-0.2, 0) is 16.6 Å². The average molecular weight is 426 g/mol. The van der Waals surface area contributed by atoms with Gasteiger partial charge in [0.1, 0.15) is 0 Å². The first-order valence-electron chi connectivity index (χ1n) is 9.08. The summed E-state index contributed by atoms with van der Waals surface area (Å²) in [5.41, 5.74) is 2.68. The summed E-state index contributed by atoms with van der Waals surface area (Å²) >= 11 is 5.68. The Bertz CT molecular complexity index is 1070. The summed E-state index contributed by atoms with van der Waals surface area (Å²) in [4.78, 5) is 2.20. The van der Waals surface area contributed by atoms with Crippen LogP contribution in [0.15, 0.2) is 89.8 Å². The molecule has 0 aromatic heterocycles. The second kappa shape index (κ2) is 9.17. The lowest BCUT2D eigenvalue weighted by Crippen LogP contribution is -2.34. The minimum Gasteiger partial charge on any atom is -0.332 e. The fourth-order valence-electron chi connectivity index (χ4n) is 2.79. The average Bonchev–Trinajstić information content (AvgIpc) is 2.73. The highest BCUT2D eigenvalue weighted by atomic mass is 32.2. The van der Waals surface area contributed by atoms with Gasteiger partial charge in [-0.05, 0) is 48.1 Å². The van der Waals surface area contributed by atoms with Crippen molar-refractivity contribution in [2.24, 2.45) is 0 Å². The van der Waals surface area contributed by atoms with Crippen LogP contribution in [-0.4, -0.2) is 31.9 Å². The number of para-hydroxylation sites is 1. The predicted molar refractivity (Wildman–Crippen MR) is 123 cm³/mol. The van der Waals surface area contributed by atoms with Crippen LogP contribution in [0, 0.1) is 0 Å². The molecule has 0 aliphatic rings. The molecule has 0 unspecified atom stereocenters. The molecule has 0 amide bonds. The first-order valence-corrected chi connectivity index (χ1v) is 10.9. The van der Waals surface area contributed by atoms with Crippen LogP contribution in [0.1, 0.15) is 5.56 Å². The quantitative estimate of drug-likeness (QED) is 0.596. The van der Waals surface area contributed by atoms with Crippen molar-refractivity contribution in [1.29, 1.82) is 0 Å². The number of hydrogen-bond donors (Lipinski definition) is 1. The standard InChI is InChI=1S/C22H23N3O2S2/c1-24(2)29(26,27)21-15-9-12-19(16-21)23-22(28)25(20-13-7-4-8-14-20)17-18-10-5-3-6-11-18/h3-16H,17H2,1-2H3,(H,23,28). The summed E-state index contributed by atoms with van der Waals surface area (Å²) in [6, 6.07) is 26.6. The number of anilines is 2. The smallest absolute Gasteiger partial charge is 0.242 e. The van der Waals surface area contributed by atoms with Crippen LogP contribution in [0.5, 0.6) is 0 Å². The van der Waals surface area contributed by atoms with Crippen molar-refractivity contribution in [3.8, 4) is 0 Å². The van der Waals surface area contributed by atoms with Crippen LogP contribution in [0.2, 0.25) is 0 Å². The van der Waals surface area contributed by atoms with Gasteiger partial charge in [-0.15, -0.1) is 0 Å². The number of sulfonamides is 1. The van der Waals surface area contributed by atoms with Crippen molar-refractivity contribution in [3.05, 3.63) is 90.5 Å². The second-order valence-corrected chi connectivity index (χ2v) is 9.19. The van der Waals surface area contributed by atoms with E-state index in [1.165, 1.54) is 18.4 Å². The topological polar surface area (TPSA) is 52.7 Å². The maximum absolute atomic E-state index is 12.4. The van der Waals surface area contributed by atoms with E-state index < -0.39 is 10.0 Å². The molecule has 0 heterocycles. The van der Waals surface area contributed by atoms with Crippen LogP contribution in [0.25, 0.3) is 0 Å². The Morgan fingerprint density at radius 2 is 1.52 bits per heavy atom. The maximum Gasteiger partial charge on any atom is 0.242 e. The molecule has 3 rings (SSSR count). The zero-order chi connectivity index (χ0) is 20.9. The molecule has 1 N–H and O–H groups in total. The molecule has 7 heteroatoms. The van der Waals surface area contributed by atoms with E-state index in [2.05, 4.69) is 5.32 Å². The van der Waals surface area contributed by atoms with E-state index in [4.69, 9.17) is 12.2 Å². The lowest BCUT2D eigenvalue weighted by Gasteiger charge is -2.26. The van der Waals surface area contributed by atoms with E-state index in [9.17, 15) is 8.42 Å². The summed E-state index contributed by atoms with van der Waals surface area (Å²) in [6.45, 7) is 0.590. The van der Waals surface area contributed by atoms with Gasteiger partial charge in [-0.25, -0.2) is 12.7 Å². The van der Waals surface area contributed by atoms with Crippen molar-refractivity contribution in [1.82, 2.24) is 4.31 Å². The lowest BCUT2D eigenvalue weighted by atomic mass is 10.2. The molecule has 0 aliphatic heterocycles. The van der Waals surface area contributed by atoms with E-state index in [-0.39, 0.29) is 4.90 Å². The van der Waals surface area contributed by atoms with Crippen LogP contribution in [0.3, 0.4) is 0 Å². The predicted octanol–water partition coefficient (Wildman–Crippen LogP) is 4.34. The van der Waals surface area contributed by atoms with Crippen LogP contribution < -0.4 is 10.2 Å². The molecule has 0 bridgehead atoms. The molecule has 0 saturated carbocycles. The number of rotatable bonds is 6. The number of benzene rings is 3. The summed E-state index contributed by atoms with van der Waals surface area (Å²) in [5.74, 6) is 0. The number of nitrogens with one attached hydrogen (secondary N) is 1. The molecule has 0 aliphatic carbocycles. The third-order valence-electron chi connectivity index (χ3n) is 4.36. The van der Waals surface area contributed by atoms with Gasteiger partial charge in [0.05, 0.1) is 11.4 Å². The highest BCUT2D eigenvalue weighted by Gasteiger charge is 2.18. The first-order chi connectivity index (χ1) is 13.9. The van der Waals surface area contributed by atoms with Crippen molar-refractivity contribution in [2.75, 3.05) is 24.3 Å². The van der Waals surface area contributed by atoms with Crippen LogP contribution in [0.4, 0.5) is 11.4 Å². The molecule has 0 fully saturated rings. The van der Waals surface area contributed by atoms with E-state index in [1.807, 2.05) is 65.6 Å². The van der Waals surface area contributed by atoms with E-state index in [0.717, 1.165) is 11.3 Å². The van der Waals surface area contributed by atoms with Crippen LogP contribution >= 0.6 is 12.2 Å². The fraction of sp³-hybridized carbons (Fsp3) is 0.136. The van der Waals surface area contributed by atoms with Gasteiger partial charge >= 0.3 is 0 Å². The Balaban J connectivity index is 1.87. The Labute approximate surface area is 177 Å². The summed E-state index contributed by atoms with van der Waals surface area (Å²) in [6.07, 6.45) is 0. The van der Waals surface area contributed by atoms with Crippen molar-refractivity contribution >= 4 is 38.7 Å². The Morgan fingerprint density at radius 1 is 0.897 bits per heavy atom. The molecular weight excluding hydrogens is 402 g/mol. The van der Waals surface area contributed by atoms with Crippen molar-refractivity contribution in [2.45, 2.75) is 11.4 Å². The molecule has 3 aromatic carbocycles. The molecule has 0 saturated heterocycles. The molecular formula is C22H23N3O2S2. The first kappa shape index (κ1) is 21.0. The number of thiocarbonyl (C=S) groups is 1. The number of hydrogen-bond acceptors (Lipinski definition) is 3. The van der Waals surface area contributed by atoms with Gasteiger partial charge < -0.3 is 10.2 Å². The zero-order valence-electron chi connectivity index (χ0n) is 16.3. The largest absolute Gasteiger partial charge is 0.332 e. The highest BCUT2D eigenvalue weighted by molar-refractivity contribution is 7.89. The monoisotopic (exact) mass is 425 g/mol. The maximum atomic E-state index is 12.4. The summed E-state index contributed by atoms with van der Waals surface area (Å²) in [7, 11) is -0.498. The molecule has 0 radical (unpaired) electrons. The zero-order valence-corrected chi connectivity index (χ0v) is 18.0. The van der Waals surface area contributed by atoms with Gasteiger partial charge in [0.2, 0.25) is 10.0 Å². The number of nitrogens with zero attached hydrogens (tertiary/aromatic N) is 2. The lowest BCUT2D eigenvalue weighted by molar-refractivity contribution is 0.521. The fourth-order valence-corrected chi connectivity index (χ4v) is 4.03. The molecule has 29 heavy (non-hydrogen) atoms. The van der Waals surface area contributed by atoms with Gasteiger partial charge in [0.15, 0.2) is 5.11 Å². The minimum absolute atomic E-state index is 0.213. The van der Waals surface area contributed by atoms with Gasteiger partial charge in [0, 0.05) is 25.5 Å². The van der Waals surface area contributed by atoms with E-state index in [0.29, 0.717) is 17.3 Å². The second-order valence-electron chi connectivity index (χ2n) is 6.65. The molecule has 3 aromatic rings. The molecule has 150 valence electrons. The Morgan fingerprint density at radius 3 is 2.14 bits per heavy atom. The van der Waals surface area contributed by atoms with Crippen molar-refractivity contribution in [3.63, 3.8) is 0 Å². The molecule has 5 nitrogen and oxygen atoms in total. The SMILES string of the molecule is CN(C)S(=O)(=O)c1cccc(NC(=S)N(Cc2ccccc2)c2ccccc2)c1. The van der Waals surface area contributed by atoms with Gasteiger partial charge in [-0.2, -0.15) is 0 Å². The van der Waals surface area contributed by atoms with E-state index >= 15 is 0 Å². The third-order valence-corrected chi connectivity index (χ3v) is 6.49.